The van der Waals surface area contributed by atoms with Gasteiger partial charge in [-0.25, -0.2) is 0 Å². The van der Waals surface area contributed by atoms with E-state index in [1.165, 1.54) is 0 Å². The summed E-state index contributed by atoms with van der Waals surface area (Å²) in [6.07, 6.45) is 3.40. The summed E-state index contributed by atoms with van der Waals surface area (Å²) in [7, 11) is 0. The van der Waals surface area contributed by atoms with Gasteiger partial charge in [0.2, 0.25) is 0 Å². The molecule has 0 radical (unpaired) electrons. The second-order valence-electron chi connectivity index (χ2n) is 5.54. The highest BCUT2D eigenvalue weighted by Crippen LogP contribution is 2.28. The number of nitrogens with one attached hydrogen (secondary N) is 1. The molecule has 0 atom stereocenters. The highest BCUT2D eigenvalue weighted by molar-refractivity contribution is 7.11. The largest absolute Gasteiger partial charge is 0.499 e. The van der Waals surface area contributed by atoms with Gasteiger partial charge in [0.1, 0.15) is 5.56 Å². The highest BCUT2D eigenvalue weighted by atomic mass is 32.1. The Balaban J connectivity index is 2.00. The van der Waals surface area contributed by atoms with E-state index in [9.17, 15) is 14.7 Å². The van der Waals surface area contributed by atoms with Crippen LogP contribution < -0.4 is 10.4 Å². The first-order valence-corrected chi connectivity index (χ1v) is 8.98. The summed E-state index contributed by atoms with van der Waals surface area (Å²) in [4.78, 5) is 33.7. The van der Waals surface area contributed by atoms with E-state index in [1.807, 2.05) is 23.7 Å². The van der Waals surface area contributed by atoms with Gasteiger partial charge in [0.25, 0.3) is 5.56 Å². The topological polar surface area (TPSA) is 113 Å². The van der Waals surface area contributed by atoms with Crippen molar-refractivity contribution in [3.8, 4) is 5.06 Å². The van der Waals surface area contributed by atoms with Crippen LogP contribution in [0.4, 0.5) is 11.4 Å². The molecule has 0 bridgehead atoms. The van der Waals surface area contributed by atoms with Crippen LogP contribution in [0.2, 0.25) is 0 Å². The monoisotopic (exact) mass is 383 g/mol. The minimum absolute atomic E-state index is 0.0255. The van der Waals surface area contributed by atoms with Crippen molar-refractivity contribution in [3.05, 3.63) is 67.8 Å². The molecule has 8 nitrogen and oxygen atoms in total. The number of rotatable bonds is 5. The van der Waals surface area contributed by atoms with Crippen LogP contribution in [0.3, 0.4) is 0 Å². The zero-order valence-corrected chi connectivity index (χ0v) is 15.5. The number of para-hydroxylation sites is 2. The Morgan fingerprint density at radius 3 is 2.74 bits per heavy atom. The van der Waals surface area contributed by atoms with Gasteiger partial charge in [-0.2, -0.15) is 5.10 Å². The van der Waals surface area contributed by atoms with Crippen molar-refractivity contribution >= 4 is 34.6 Å². The quantitative estimate of drug-likeness (QED) is 0.659. The van der Waals surface area contributed by atoms with Crippen LogP contribution in [0, 0.1) is 0 Å². The summed E-state index contributed by atoms with van der Waals surface area (Å²) in [6.45, 7) is 4.31. The van der Waals surface area contributed by atoms with Crippen molar-refractivity contribution in [2.75, 3.05) is 0 Å². The van der Waals surface area contributed by atoms with E-state index < -0.39 is 10.4 Å². The minimum Gasteiger partial charge on any atom is -0.499 e. The molecule has 0 saturated heterocycles. The lowest BCUT2D eigenvalue weighted by Gasteiger charge is -2.04. The Morgan fingerprint density at radius 2 is 2.04 bits per heavy atom. The maximum absolute atomic E-state index is 12.0. The predicted molar refractivity (Wildman–Crippen MR) is 106 cm³/mol. The molecule has 2 aromatic heterocycles. The zero-order chi connectivity index (χ0) is 19.4. The molecule has 3 rings (SSSR count). The summed E-state index contributed by atoms with van der Waals surface area (Å²) < 4.78 is 1.81. The lowest BCUT2D eigenvalue weighted by Crippen LogP contribution is -2.22. The lowest BCUT2D eigenvalue weighted by atomic mass is 10.2. The van der Waals surface area contributed by atoms with E-state index >= 15 is 0 Å². The van der Waals surface area contributed by atoms with Gasteiger partial charge in [-0.1, -0.05) is 12.1 Å². The van der Waals surface area contributed by atoms with Crippen LogP contribution >= 0.6 is 11.3 Å². The molecule has 0 aliphatic heterocycles. The Labute approximate surface area is 158 Å². The third-order valence-electron chi connectivity index (χ3n) is 3.76. The number of hydrogen-bond donors (Lipinski definition) is 2. The fourth-order valence-electron chi connectivity index (χ4n) is 2.49. The molecular formula is C18H17N5O3S. The Morgan fingerprint density at radius 1 is 1.30 bits per heavy atom. The average molecular weight is 383 g/mol. The summed E-state index contributed by atoms with van der Waals surface area (Å²) in [5.41, 5.74) is 1.57. The number of nitrogens with zero attached hydrogens (tertiary/aromatic N) is 4. The molecule has 0 fully saturated rings. The summed E-state index contributed by atoms with van der Waals surface area (Å²) in [5.74, 6) is 0. The van der Waals surface area contributed by atoms with Crippen molar-refractivity contribution in [1.82, 2.24) is 14.8 Å². The number of aromatic amines is 1. The van der Waals surface area contributed by atoms with Crippen LogP contribution in [0.5, 0.6) is 5.06 Å². The number of aryl methyl sites for hydroxylation is 1. The molecule has 0 aliphatic carbocycles. The van der Waals surface area contributed by atoms with Gasteiger partial charge in [0, 0.05) is 12.7 Å². The van der Waals surface area contributed by atoms with Gasteiger partial charge in [-0.15, -0.1) is 0 Å². The number of aromatic nitrogens is 3. The average Bonchev–Trinajstić information content (AvgIpc) is 3.07. The third kappa shape index (κ3) is 4.09. The van der Waals surface area contributed by atoms with E-state index in [2.05, 4.69) is 20.1 Å². The maximum Gasteiger partial charge on any atom is 0.310 e. The van der Waals surface area contributed by atoms with Crippen LogP contribution in [0.25, 0.3) is 0 Å². The molecule has 3 aromatic rings. The van der Waals surface area contributed by atoms with Crippen molar-refractivity contribution in [2.45, 2.75) is 20.4 Å². The molecule has 2 N–H and O–H groups in total. The number of aromatic hydroxyl groups is 1. The number of benzene rings is 1. The third-order valence-corrected chi connectivity index (χ3v) is 4.45. The van der Waals surface area contributed by atoms with Gasteiger partial charge in [0.15, 0.2) is 5.06 Å². The summed E-state index contributed by atoms with van der Waals surface area (Å²) >= 11 is 0.553. The molecule has 0 saturated carbocycles. The molecule has 9 heteroatoms. The SMILES string of the molecule is CCn1nccc1C=Nc1ccccc1N=C(C)c1c(O)sc(=O)[nH]c1=O. The van der Waals surface area contributed by atoms with Crippen LogP contribution in [0.1, 0.15) is 25.1 Å². The van der Waals surface area contributed by atoms with Gasteiger partial charge < -0.3 is 5.11 Å². The number of aliphatic imine (C=N–C) groups is 2. The Bertz CT molecular complexity index is 1140. The number of H-pyrrole nitrogens is 1. The zero-order valence-electron chi connectivity index (χ0n) is 14.7. The minimum atomic E-state index is -0.676. The van der Waals surface area contributed by atoms with E-state index in [1.54, 1.807) is 37.5 Å². The smallest absolute Gasteiger partial charge is 0.310 e. The first-order valence-electron chi connectivity index (χ1n) is 8.16. The van der Waals surface area contributed by atoms with E-state index in [4.69, 9.17) is 0 Å². The molecule has 138 valence electrons. The molecule has 2 heterocycles. The normalized spacial score (nSPS) is 12.0. The second kappa shape index (κ2) is 7.92. The maximum atomic E-state index is 12.0. The van der Waals surface area contributed by atoms with Crippen LogP contribution in [0.15, 0.2) is 56.1 Å². The predicted octanol–water partition coefficient (Wildman–Crippen LogP) is 2.61. The van der Waals surface area contributed by atoms with E-state index in [0.717, 1.165) is 12.2 Å². The molecule has 27 heavy (non-hydrogen) atoms. The van der Waals surface area contributed by atoms with Gasteiger partial charge >= 0.3 is 4.87 Å². The highest BCUT2D eigenvalue weighted by Gasteiger charge is 2.13. The molecule has 0 unspecified atom stereocenters. The van der Waals surface area contributed by atoms with Crippen molar-refractivity contribution < 1.29 is 5.11 Å². The van der Waals surface area contributed by atoms with Crippen molar-refractivity contribution in [1.29, 1.82) is 0 Å². The molecule has 1 aromatic carbocycles. The first kappa shape index (κ1) is 18.5. The Kier molecular flexibility index (Phi) is 5.41. The van der Waals surface area contributed by atoms with Crippen molar-refractivity contribution in [3.63, 3.8) is 0 Å². The van der Waals surface area contributed by atoms with Gasteiger partial charge in [-0.05, 0) is 43.4 Å². The first-order chi connectivity index (χ1) is 13.0. The Hall–Kier alpha value is -3.33. The fourth-order valence-corrected chi connectivity index (χ4v) is 3.15. The van der Waals surface area contributed by atoms with E-state index in [0.29, 0.717) is 22.7 Å². The van der Waals surface area contributed by atoms with Gasteiger partial charge in [-0.3, -0.25) is 29.2 Å². The second-order valence-corrected chi connectivity index (χ2v) is 6.50. The van der Waals surface area contributed by atoms with Crippen molar-refractivity contribution in [2.24, 2.45) is 9.98 Å². The summed E-state index contributed by atoms with van der Waals surface area (Å²) in [6, 6.07) is 9.03. The van der Waals surface area contributed by atoms with Crippen LogP contribution in [-0.2, 0) is 6.54 Å². The molecule has 0 amide bonds. The standard InChI is InChI=1S/C18H17N5O3S/c1-3-23-12(8-9-20-23)10-19-13-6-4-5-7-14(13)21-11(2)15-16(24)22-18(26)27-17(15)25/h4-10,25H,3H2,1-2H3,(H,22,24,26). The summed E-state index contributed by atoms with van der Waals surface area (Å²) in [5, 5.41) is 13.8. The van der Waals surface area contributed by atoms with Gasteiger partial charge in [0.05, 0.1) is 29.0 Å². The fraction of sp³-hybridized carbons (Fsp3) is 0.167. The number of hydrogen-bond acceptors (Lipinski definition) is 7. The molecule has 0 aliphatic rings. The van der Waals surface area contributed by atoms with E-state index in [-0.39, 0.29) is 16.3 Å². The lowest BCUT2D eigenvalue weighted by molar-refractivity contribution is 0.487. The molecular weight excluding hydrogens is 366 g/mol. The molecule has 0 spiro atoms. The van der Waals surface area contributed by atoms with Crippen LogP contribution in [-0.4, -0.2) is 31.8 Å².